The number of rotatable bonds is 6. The van der Waals surface area contributed by atoms with Crippen LogP contribution in [0.2, 0.25) is 0 Å². The molecule has 1 aliphatic rings. The summed E-state index contributed by atoms with van der Waals surface area (Å²) >= 11 is 3.18. The Kier molecular flexibility index (Phi) is 5.79. The SMILES string of the molecule is COC(=O)C1=C(Nc2cc(F)cc(Br)c2OC)C(=O)N(CCO)C1. The molecule has 1 aromatic rings. The predicted molar refractivity (Wildman–Crippen MR) is 87.0 cm³/mol. The number of anilines is 1. The summed E-state index contributed by atoms with van der Waals surface area (Å²) < 4.78 is 23.9. The van der Waals surface area contributed by atoms with Crippen LogP contribution in [0.4, 0.5) is 10.1 Å². The molecular weight excluding hydrogens is 387 g/mol. The average Bonchev–Trinajstić information content (AvgIpc) is 2.84. The summed E-state index contributed by atoms with van der Waals surface area (Å²) in [5.41, 5.74) is 0.240. The molecule has 0 aliphatic carbocycles. The predicted octanol–water partition coefficient (Wildman–Crippen LogP) is 1.27. The summed E-state index contributed by atoms with van der Waals surface area (Å²) in [6, 6.07) is 2.36. The lowest BCUT2D eigenvalue weighted by Crippen LogP contribution is -2.31. The number of β-amino-alcohol motifs (C(OH)–C–C–N with tert-alkyl or cyclic N) is 1. The number of aliphatic hydroxyl groups excluding tert-OH is 1. The Morgan fingerprint density at radius 1 is 1.46 bits per heavy atom. The fraction of sp³-hybridized carbons (Fsp3) is 0.333. The highest BCUT2D eigenvalue weighted by Crippen LogP contribution is 2.36. The lowest BCUT2D eigenvalue weighted by Gasteiger charge is -2.16. The van der Waals surface area contributed by atoms with E-state index < -0.39 is 17.7 Å². The molecular formula is C15H16BrFN2O5. The minimum absolute atomic E-state index is 0.00675. The quantitative estimate of drug-likeness (QED) is 0.696. The molecule has 0 spiro atoms. The van der Waals surface area contributed by atoms with Crippen molar-refractivity contribution in [3.05, 3.63) is 33.7 Å². The number of aliphatic hydroxyl groups is 1. The molecule has 130 valence electrons. The summed E-state index contributed by atoms with van der Waals surface area (Å²) in [4.78, 5) is 25.6. The molecule has 0 aromatic heterocycles. The van der Waals surface area contributed by atoms with Crippen molar-refractivity contribution in [1.29, 1.82) is 0 Å². The van der Waals surface area contributed by atoms with Crippen LogP contribution in [0.3, 0.4) is 0 Å². The van der Waals surface area contributed by atoms with Gasteiger partial charge in [0.25, 0.3) is 5.91 Å². The first-order valence-electron chi connectivity index (χ1n) is 6.94. The molecule has 0 saturated carbocycles. The first-order valence-corrected chi connectivity index (χ1v) is 7.73. The molecule has 2 rings (SSSR count). The summed E-state index contributed by atoms with van der Waals surface area (Å²) in [5.74, 6) is -1.45. The molecule has 9 heteroatoms. The Morgan fingerprint density at radius 3 is 2.75 bits per heavy atom. The van der Waals surface area contributed by atoms with E-state index in [4.69, 9.17) is 9.84 Å². The fourth-order valence-corrected chi connectivity index (χ4v) is 2.94. The van der Waals surface area contributed by atoms with Crippen LogP contribution < -0.4 is 10.1 Å². The van der Waals surface area contributed by atoms with Crippen LogP contribution in [0.5, 0.6) is 5.75 Å². The van der Waals surface area contributed by atoms with Crippen molar-refractivity contribution in [3.63, 3.8) is 0 Å². The number of hydrogen-bond acceptors (Lipinski definition) is 6. The van der Waals surface area contributed by atoms with E-state index in [9.17, 15) is 14.0 Å². The van der Waals surface area contributed by atoms with Gasteiger partial charge >= 0.3 is 5.97 Å². The number of esters is 1. The molecule has 0 atom stereocenters. The van der Waals surface area contributed by atoms with Gasteiger partial charge in [0.1, 0.15) is 11.5 Å². The molecule has 0 saturated heterocycles. The number of carbonyl (C=O) groups excluding carboxylic acids is 2. The highest BCUT2D eigenvalue weighted by atomic mass is 79.9. The Balaban J connectivity index is 2.44. The zero-order valence-corrected chi connectivity index (χ0v) is 14.6. The third-order valence-electron chi connectivity index (χ3n) is 3.43. The topological polar surface area (TPSA) is 88.1 Å². The van der Waals surface area contributed by atoms with E-state index in [1.165, 1.54) is 25.2 Å². The third kappa shape index (κ3) is 3.51. The number of halogens is 2. The van der Waals surface area contributed by atoms with Crippen molar-refractivity contribution < 1.29 is 28.6 Å². The van der Waals surface area contributed by atoms with E-state index in [0.29, 0.717) is 4.47 Å². The maximum absolute atomic E-state index is 13.7. The van der Waals surface area contributed by atoms with Crippen LogP contribution in [0.15, 0.2) is 27.9 Å². The molecule has 0 bridgehead atoms. The average molecular weight is 403 g/mol. The maximum atomic E-state index is 13.7. The number of methoxy groups -OCH3 is 2. The zero-order chi connectivity index (χ0) is 17.9. The van der Waals surface area contributed by atoms with Crippen molar-refractivity contribution in [3.8, 4) is 5.75 Å². The second-order valence-corrected chi connectivity index (χ2v) is 5.74. The van der Waals surface area contributed by atoms with Crippen LogP contribution in [0, 0.1) is 5.82 Å². The van der Waals surface area contributed by atoms with Gasteiger partial charge in [0.2, 0.25) is 0 Å². The van der Waals surface area contributed by atoms with Gasteiger partial charge in [0.15, 0.2) is 5.75 Å². The van der Waals surface area contributed by atoms with Gasteiger partial charge < -0.3 is 24.8 Å². The highest BCUT2D eigenvalue weighted by Gasteiger charge is 2.35. The normalized spacial score (nSPS) is 14.2. The summed E-state index contributed by atoms with van der Waals surface area (Å²) in [6.07, 6.45) is 0. The fourth-order valence-electron chi connectivity index (χ4n) is 2.34. The molecule has 1 aromatic carbocycles. The van der Waals surface area contributed by atoms with Gasteiger partial charge in [-0.1, -0.05) is 0 Å². The minimum Gasteiger partial charge on any atom is -0.493 e. The van der Waals surface area contributed by atoms with Crippen molar-refractivity contribution >= 4 is 33.5 Å². The van der Waals surface area contributed by atoms with Crippen molar-refractivity contribution in [2.75, 3.05) is 39.2 Å². The first kappa shape index (κ1) is 18.2. The van der Waals surface area contributed by atoms with Crippen LogP contribution in [0.25, 0.3) is 0 Å². The summed E-state index contributed by atoms with van der Waals surface area (Å²) in [5, 5.41) is 11.8. The van der Waals surface area contributed by atoms with E-state index in [0.717, 1.165) is 6.07 Å². The van der Waals surface area contributed by atoms with Crippen LogP contribution in [-0.4, -0.2) is 55.8 Å². The Hall–Kier alpha value is -2.13. The van der Waals surface area contributed by atoms with Crippen molar-refractivity contribution in [2.45, 2.75) is 0 Å². The lowest BCUT2D eigenvalue weighted by atomic mass is 10.2. The van der Waals surface area contributed by atoms with Gasteiger partial charge in [-0.15, -0.1) is 0 Å². The van der Waals surface area contributed by atoms with Crippen molar-refractivity contribution in [1.82, 2.24) is 4.90 Å². The molecule has 24 heavy (non-hydrogen) atoms. The Morgan fingerprint density at radius 2 is 2.17 bits per heavy atom. The second-order valence-electron chi connectivity index (χ2n) is 4.89. The van der Waals surface area contributed by atoms with Gasteiger partial charge in [-0.25, -0.2) is 9.18 Å². The third-order valence-corrected chi connectivity index (χ3v) is 4.01. The van der Waals surface area contributed by atoms with Crippen LogP contribution in [-0.2, 0) is 14.3 Å². The largest absolute Gasteiger partial charge is 0.493 e. The van der Waals surface area contributed by atoms with Gasteiger partial charge in [-0.05, 0) is 22.0 Å². The Labute approximate surface area is 146 Å². The Bertz CT molecular complexity index is 707. The number of nitrogens with one attached hydrogen (secondary N) is 1. The monoisotopic (exact) mass is 402 g/mol. The van der Waals surface area contributed by atoms with E-state index in [1.54, 1.807) is 0 Å². The molecule has 1 aliphatic heterocycles. The van der Waals surface area contributed by atoms with E-state index in [1.807, 2.05) is 0 Å². The number of nitrogens with zero attached hydrogens (tertiary/aromatic N) is 1. The molecule has 1 heterocycles. The van der Waals surface area contributed by atoms with E-state index in [-0.39, 0.29) is 42.4 Å². The highest BCUT2D eigenvalue weighted by molar-refractivity contribution is 9.10. The summed E-state index contributed by atoms with van der Waals surface area (Å²) in [7, 11) is 2.60. The lowest BCUT2D eigenvalue weighted by molar-refractivity contribution is -0.136. The van der Waals surface area contributed by atoms with E-state index >= 15 is 0 Å². The zero-order valence-electron chi connectivity index (χ0n) is 13.1. The van der Waals surface area contributed by atoms with Crippen molar-refractivity contribution in [2.24, 2.45) is 0 Å². The van der Waals surface area contributed by atoms with E-state index in [2.05, 4.69) is 26.0 Å². The number of benzene rings is 1. The van der Waals surface area contributed by atoms with Gasteiger partial charge in [0, 0.05) is 12.6 Å². The van der Waals surface area contributed by atoms with Gasteiger partial charge in [-0.2, -0.15) is 0 Å². The van der Waals surface area contributed by atoms with Crippen LogP contribution in [0.1, 0.15) is 0 Å². The first-order chi connectivity index (χ1) is 11.4. The number of amides is 1. The molecule has 0 radical (unpaired) electrons. The van der Waals surface area contributed by atoms with Gasteiger partial charge in [-0.3, -0.25) is 4.79 Å². The summed E-state index contributed by atoms with van der Waals surface area (Å²) in [6.45, 7) is -0.190. The molecule has 1 amide bonds. The molecule has 7 nitrogen and oxygen atoms in total. The second kappa shape index (κ2) is 7.63. The maximum Gasteiger partial charge on any atom is 0.337 e. The molecule has 0 unspecified atom stereocenters. The number of hydrogen-bond donors (Lipinski definition) is 2. The van der Waals surface area contributed by atoms with Gasteiger partial charge in [0.05, 0.1) is 43.1 Å². The molecule has 2 N–H and O–H groups in total. The van der Waals surface area contributed by atoms with Crippen LogP contribution >= 0.6 is 15.9 Å². The molecule has 0 fully saturated rings. The number of carbonyl (C=O) groups is 2. The number of ether oxygens (including phenoxy) is 2. The minimum atomic E-state index is -0.680. The standard InChI is InChI=1S/C15H16BrFN2O5/c1-23-13-10(16)5-8(17)6-11(13)18-12-9(15(22)24-2)7-19(3-4-20)14(12)21/h5-6,18,20H,3-4,7H2,1-2H3. The smallest absolute Gasteiger partial charge is 0.337 e.